The van der Waals surface area contributed by atoms with E-state index in [0.717, 1.165) is 24.1 Å². The maximum absolute atomic E-state index is 10.6. The van der Waals surface area contributed by atoms with Crippen LogP contribution in [0.5, 0.6) is 0 Å². The van der Waals surface area contributed by atoms with E-state index >= 15 is 0 Å². The number of benzene rings is 1. The van der Waals surface area contributed by atoms with Crippen molar-refractivity contribution in [3.63, 3.8) is 0 Å². The molecule has 3 heterocycles. The van der Waals surface area contributed by atoms with Crippen molar-refractivity contribution in [2.24, 2.45) is 0 Å². The molecule has 1 fully saturated rings. The van der Waals surface area contributed by atoms with Crippen LogP contribution in [0.2, 0.25) is 0 Å². The summed E-state index contributed by atoms with van der Waals surface area (Å²) < 4.78 is 31.7. The molecular weight excluding hydrogens is 395 g/mol. The Morgan fingerprint density at radius 2 is 2.04 bits per heavy atom. The summed E-state index contributed by atoms with van der Waals surface area (Å²) in [6, 6.07) is 6.79. The second-order valence-corrected chi connectivity index (χ2v) is 7.23. The van der Waals surface area contributed by atoms with E-state index in [4.69, 9.17) is 9.90 Å². The third kappa shape index (κ3) is 5.04. The van der Waals surface area contributed by atoms with Crippen LogP contribution < -0.4 is 0 Å². The van der Waals surface area contributed by atoms with Crippen molar-refractivity contribution in [3.8, 4) is 0 Å². The number of thiazole rings is 1. The van der Waals surface area contributed by atoms with E-state index in [9.17, 15) is 13.2 Å². The summed E-state index contributed by atoms with van der Waals surface area (Å²) in [6.07, 6.45) is 0.602. The van der Waals surface area contributed by atoms with E-state index in [1.165, 1.54) is 29.8 Å². The number of rotatable bonds is 3. The molecule has 150 valence electrons. The van der Waals surface area contributed by atoms with Gasteiger partial charge in [0.25, 0.3) is 0 Å². The minimum atomic E-state index is -5.08. The van der Waals surface area contributed by atoms with E-state index in [1.807, 2.05) is 12.3 Å². The van der Waals surface area contributed by atoms with Crippen molar-refractivity contribution in [3.05, 3.63) is 40.3 Å². The first kappa shape index (κ1) is 20.2. The van der Waals surface area contributed by atoms with Crippen LogP contribution in [0.1, 0.15) is 35.9 Å². The normalized spacial score (nSPS) is 17.9. The molecule has 1 saturated heterocycles. The van der Waals surface area contributed by atoms with Gasteiger partial charge in [-0.25, -0.2) is 9.78 Å². The number of carboxylic acids is 1. The SMILES string of the molecule is O=C(O)C(F)(F)F.c1csc(C2CCCCN2Cc2ccc3n[nH]nc3c2)n1. The number of likely N-dealkylation sites (tertiary alicyclic amines) is 1. The van der Waals surface area contributed by atoms with Gasteiger partial charge in [-0.15, -0.1) is 11.3 Å². The maximum Gasteiger partial charge on any atom is 0.490 e. The smallest absolute Gasteiger partial charge is 0.475 e. The van der Waals surface area contributed by atoms with Gasteiger partial charge in [-0.3, -0.25) is 4.90 Å². The van der Waals surface area contributed by atoms with Crippen molar-refractivity contribution >= 4 is 28.3 Å². The number of alkyl halides is 3. The molecule has 28 heavy (non-hydrogen) atoms. The van der Waals surface area contributed by atoms with Crippen LogP contribution in [-0.4, -0.2) is 49.1 Å². The zero-order valence-corrected chi connectivity index (χ0v) is 15.5. The molecule has 7 nitrogen and oxygen atoms in total. The number of aromatic amines is 1. The van der Waals surface area contributed by atoms with Gasteiger partial charge in [0.05, 0.1) is 6.04 Å². The number of aromatic nitrogens is 4. The van der Waals surface area contributed by atoms with Crippen LogP contribution in [0.3, 0.4) is 0 Å². The van der Waals surface area contributed by atoms with Crippen molar-refractivity contribution in [1.82, 2.24) is 25.3 Å². The lowest BCUT2D eigenvalue weighted by Gasteiger charge is -2.34. The van der Waals surface area contributed by atoms with Gasteiger partial charge in [-0.05, 0) is 37.1 Å². The standard InChI is InChI=1S/C15H17N5S.C2HF3O2/c1-2-7-20(14(3-1)15-16-6-8-21-15)10-11-4-5-12-13(9-11)18-19-17-12;3-2(4,5)1(6)7/h4-6,8-9,14H,1-3,7,10H2,(H,17,18,19);(H,6,7). The van der Waals surface area contributed by atoms with Crippen molar-refractivity contribution in [1.29, 1.82) is 0 Å². The van der Waals surface area contributed by atoms with Crippen molar-refractivity contribution < 1.29 is 23.1 Å². The largest absolute Gasteiger partial charge is 0.490 e. The highest BCUT2D eigenvalue weighted by atomic mass is 32.1. The topological polar surface area (TPSA) is 95.0 Å². The van der Waals surface area contributed by atoms with Crippen molar-refractivity contribution in [2.75, 3.05) is 6.54 Å². The third-order valence-corrected chi connectivity index (χ3v) is 5.24. The zero-order valence-electron chi connectivity index (χ0n) is 14.7. The first-order chi connectivity index (χ1) is 13.3. The van der Waals surface area contributed by atoms with E-state index < -0.39 is 12.1 Å². The molecule has 0 saturated carbocycles. The first-order valence-corrected chi connectivity index (χ1v) is 9.45. The number of nitrogens with one attached hydrogen (secondary N) is 1. The predicted molar refractivity (Wildman–Crippen MR) is 96.7 cm³/mol. The molecule has 0 amide bonds. The Labute approximate surface area is 162 Å². The fourth-order valence-electron chi connectivity index (χ4n) is 3.08. The molecule has 0 radical (unpaired) electrons. The molecule has 1 aliphatic heterocycles. The summed E-state index contributed by atoms with van der Waals surface area (Å²) in [5.41, 5.74) is 3.16. The number of hydrogen-bond donors (Lipinski definition) is 2. The second-order valence-electron chi connectivity index (χ2n) is 6.30. The highest BCUT2D eigenvalue weighted by molar-refractivity contribution is 7.09. The summed E-state index contributed by atoms with van der Waals surface area (Å²) in [5.74, 6) is -2.76. The predicted octanol–water partition coefficient (Wildman–Crippen LogP) is 3.77. The molecule has 1 atom stereocenters. The molecule has 1 unspecified atom stereocenters. The molecule has 0 spiro atoms. The number of carboxylic acid groups (broad SMARTS) is 1. The Morgan fingerprint density at radius 1 is 1.29 bits per heavy atom. The number of piperidine rings is 1. The number of hydrogen-bond acceptors (Lipinski definition) is 6. The molecule has 1 aromatic carbocycles. The Balaban J connectivity index is 0.000000279. The van der Waals surface area contributed by atoms with Crippen LogP contribution in [0, 0.1) is 0 Å². The highest BCUT2D eigenvalue weighted by Gasteiger charge is 2.38. The second kappa shape index (κ2) is 8.65. The Kier molecular flexibility index (Phi) is 6.25. The summed E-state index contributed by atoms with van der Waals surface area (Å²) in [7, 11) is 0. The minimum absolute atomic E-state index is 0.465. The highest BCUT2D eigenvalue weighted by Crippen LogP contribution is 2.33. The number of H-pyrrole nitrogens is 1. The summed E-state index contributed by atoms with van der Waals surface area (Å²) >= 11 is 1.77. The average Bonchev–Trinajstić information content (AvgIpc) is 3.33. The summed E-state index contributed by atoms with van der Waals surface area (Å²) in [6.45, 7) is 2.09. The van der Waals surface area contributed by atoms with Gasteiger partial charge in [-0.2, -0.15) is 28.6 Å². The quantitative estimate of drug-likeness (QED) is 0.679. The minimum Gasteiger partial charge on any atom is -0.475 e. The monoisotopic (exact) mass is 413 g/mol. The molecule has 0 aliphatic carbocycles. The summed E-state index contributed by atoms with van der Waals surface area (Å²) in [4.78, 5) is 16.0. The lowest BCUT2D eigenvalue weighted by atomic mass is 10.0. The lowest BCUT2D eigenvalue weighted by molar-refractivity contribution is -0.192. The fourth-order valence-corrected chi connectivity index (χ4v) is 3.88. The zero-order chi connectivity index (χ0) is 20.1. The van der Waals surface area contributed by atoms with Gasteiger partial charge in [0.1, 0.15) is 16.0 Å². The van der Waals surface area contributed by atoms with Crippen molar-refractivity contribution in [2.45, 2.75) is 38.0 Å². The lowest BCUT2D eigenvalue weighted by Crippen LogP contribution is -2.32. The Morgan fingerprint density at radius 3 is 2.71 bits per heavy atom. The van der Waals surface area contributed by atoms with Crippen LogP contribution in [0.4, 0.5) is 13.2 Å². The molecular formula is C17H18F3N5O2S. The number of carbonyl (C=O) groups is 1. The first-order valence-electron chi connectivity index (χ1n) is 8.57. The molecule has 1 aliphatic rings. The number of nitrogens with zero attached hydrogens (tertiary/aromatic N) is 4. The van der Waals surface area contributed by atoms with Gasteiger partial charge in [0.15, 0.2) is 0 Å². The van der Waals surface area contributed by atoms with Gasteiger partial charge in [0.2, 0.25) is 0 Å². The maximum atomic E-state index is 10.6. The Bertz CT molecular complexity index is 913. The average molecular weight is 413 g/mol. The van der Waals surface area contributed by atoms with E-state index in [1.54, 1.807) is 11.3 Å². The molecule has 2 aromatic heterocycles. The van der Waals surface area contributed by atoms with E-state index in [0.29, 0.717) is 6.04 Å². The molecule has 0 bridgehead atoms. The Hall–Kier alpha value is -2.53. The van der Waals surface area contributed by atoms with Crippen LogP contribution in [0.15, 0.2) is 29.8 Å². The van der Waals surface area contributed by atoms with Gasteiger partial charge in [0, 0.05) is 18.1 Å². The summed E-state index contributed by atoms with van der Waals surface area (Å²) in [5, 5.41) is 21.4. The van der Waals surface area contributed by atoms with Gasteiger partial charge in [-0.1, -0.05) is 12.5 Å². The molecule has 4 rings (SSSR count). The van der Waals surface area contributed by atoms with Crippen LogP contribution in [0.25, 0.3) is 11.0 Å². The third-order valence-electron chi connectivity index (χ3n) is 4.36. The van der Waals surface area contributed by atoms with Gasteiger partial charge >= 0.3 is 12.1 Å². The molecule has 3 aromatic rings. The number of fused-ring (bicyclic) bond motifs is 1. The number of aliphatic carboxylic acids is 1. The van der Waals surface area contributed by atoms with Crippen LogP contribution in [-0.2, 0) is 11.3 Å². The van der Waals surface area contributed by atoms with E-state index in [-0.39, 0.29) is 0 Å². The number of halogens is 3. The fraction of sp³-hybridized carbons (Fsp3) is 0.412. The van der Waals surface area contributed by atoms with Gasteiger partial charge < -0.3 is 5.11 Å². The van der Waals surface area contributed by atoms with Crippen LogP contribution >= 0.6 is 11.3 Å². The molecule has 11 heteroatoms. The van der Waals surface area contributed by atoms with E-state index in [2.05, 4.69) is 42.8 Å². The molecule has 2 N–H and O–H groups in total.